The van der Waals surface area contributed by atoms with E-state index < -0.39 is 0 Å². The maximum atomic E-state index is 12.1. The van der Waals surface area contributed by atoms with Gasteiger partial charge >= 0.3 is 4.87 Å². The number of hydrogen-bond donors (Lipinski definition) is 0. The van der Waals surface area contributed by atoms with Gasteiger partial charge in [-0.2, -0.15) is 0 Å². The Bertz CT molecular complexity index is 674. The van der Waals surface area contributed by atoms with Crippen molar-refractivity contribution in [2.24, 2.45) is 0 Å². The number of carbonyl (C=O) groups excluding carboxylic acids is 1. The summed E-state index contributed by atoms with van der Waals surface area (Å²) in [6.07, 6.45) is 4.66. The van der Waals surface area contributed by atoms with Crippen molar-refractivity contribution in [3.05, 3.63) is 33.4 Å². The highest BCUT2D eigenvalue weighted by Gasteiger charge is 2.11. The number of fused-ring (bicyclic) bond motifs is 1. The predicted octanol–water partition coefficient (Wildman–Crippen LogP) is 4.61. The molecule has 0 aliphatic rings. The van der Waals surface area contributed by atoms with Crippen LogP contribution >= 0.6 is 27.3 Å². The molecule has 0 amide bonds. The van der Waals surface area contributed by atoms with Crippen LogP contribution in [0.1, 0.15) is 49.4 Å². The van der Waals surface area contributed by atoms with Crippen molar-refractivity contribution in [1.29, 1.82) is 0 Å². The van der Waals surface area contributed by atoms with Crippen LogP contribution in [0.4, 0.5) is 0 Å². The molecule has 1 aromatic carbocycles. The van der Waals surface area contributed by atoms with Crippen molar-refractivity contribution in [3.8, 4) is 0 Å². The third kappa shape index (κ3) is 4.04. The number of rotatable bonds is 8. The summed E-state index contributed by atoms with van der Waals surface area (Å²) in [7, 11) is 0. The molecule has 0 saturated heterocycles. The molecule has 5 heteroatoms. The third-order valence-corrected chi connectivity index (χ3v) is 4.99. The average molecular weight is 370 g/mol. The van der Waals surface area contributed by atoms with E-state index in [1.807, 2.05) is 29.7 Å². The molecule has 0 unspecified atom stereocenters. The second-order valence-electron chi connectivity index (χ2n) is 5.12. The highest BCUT2D eigenvalue weighted by molar-refractivity contribution is 9.09. The number of carbonyl (C=O) groups is 1. The maximum absolute atomic E-state index is 12.1. The van der Waals surface area contributed by atoms with Gasteiger partial charge in [0.1, 0.15) is 0 Å². The van der Waals surface area contributed by atoms with Gasteiger partial charge in [-0.05, 0) is 37.5 Å². The molecule has 0 aliphatic heterocycles. The van der Waals surface area contributed by atoms with Gasteiger partial charge < -0.3 is 0 Å². The molecule has 0 bridgehead atoms. The van der Waals surface area contributed by atoms with Crippen LogP contribution in [-0.4, -0.2) is 15.7 Å². The number of aromatic nitrogens is 1. The third-order valence-electron chi connectivity index (χ3n) is 3.48. The standard InChI is InChI=1S/C16H20BrNO2S/c1-2-6-14(19)12-7-8-13-15(11-12)21-16(20)18(13)10-5-3-4-9-17/h7-8,11H,2-6,9-10H2,1H3. The summed E-state index contributed by atoms with van der Waals surface area (Å²) in [6.45, 7) is 2.76. The van der Waals surface area contributed by atoms with Crippen LogP contribution in [0.15, 0.2) is 23.0 Å². The number of ketones is 1. The zero-order chi connectivity index (χ0) is 15.2. The number of benzene rings is 1. The summed E-state index contributed by atoms with van der Waals surface area (Å²) in [4.78, 5) is 24.1. The number of Topliss-reactive ketones (excluding diaryl/α,β-unsaturated/α-hetero) is 1. The van der Waals surface area contributed by atoms with Gasteiger partial charge in [0.15, 0.2) is 5.78 Å². The van der Waals surface area contributed by atoms with Crippen LogP contribution in [0.2, 0.25) is 0 Å². The molecule has 1 aromatic heterocycles. The summed E-state index contributed by atoms with van der Waals surface area (Å²) < 4.78 is 2.75. The lowest BCUT2D eigenvalue weighted by Gasteiger charge is -2.04. The molecule has 2 aromatic rings. The van der Waals surface area contributed by atoms with Crippen molar-refractivity contribution in [2.45, 2.75) is 45.6 Å². The van der Waals surface area contributed by atoms with Crippen LogP contribution in [0.25, 0.3) is 10.2 Å². The van der Waals surface area contributed by atoms with Gasteiger partial charge in [0.25, 0.3) is 0 Å². The van der Waals surface area contributed by atoms with Crippen LogP contribution in [0, 0.1) is 0 Å². The monoisotopic (exact) mass is 369 g/mol. The Balaban J connectivity index is 2.22. The number of alkyl halides is 1. The first-order chi connectivity index (χ1) is 10.2. The Morgan fingerprint density at radius 2 is 2.10 bits per heavy atom. The summed E-state index contributed by atoms with van der Waals surface area (Å²) in [5.74, 6) is 0.157. The fourth-order valence-corrected chi connectivity index (χ4v) is 3.72. The van der Waals surface area contributed by atoms with Crippen molar-refractivity contribution in [2.75, 3.05) is 5.33 Å². The second-order valence-corrected chi connectivity index (χ2v) is 6.91. The smallest absolute Gasteiger partial charge is 0.299 e. The second kappa shape index (κ2) is 7.90. The molecule has 0 fully saturated rings. The highest BCUT2D eigenvalue weighted by atomic mass is 79.9. The lowest BCUT2D eigenvalue weighted by molar-refractivity contribution is 0.0982. The molecule has 0 saturated carbocycles. The lowest BCUT2D eigenvalue weighted by Crippen LogP contribution is -2.12. The van der Waals surface area contributed by atoms with E-state index in [4.69, 9.17) is 0 Å². The molecule has 0 radical (unpaired) electrons. The van der Waals surface area contributed by atoms with Crippen molar-refractivity contribution in [1.82, 2.24) is 4.57 Å². The summed E-state index contributed by atoms with van der Waals surface area (Å²) in [5, 5.41) is 1.01. The number of thiazole rings is 1. The average Bonchev–Trinajstić information content (AvgIpc) is 2.78. The first-order valence-electron chi connectivity index (χ1n) is 7.40. The van der Waals surface area contributed by atoms with E-state index in [1.165, 1.54) is 11.3 Å². The topological polar surface area (TPSA) is 39.1 Å². The van der Waals surface area contributed by atoms with Crippen molar-refractivity contribution >= 4 is 43.3 Å². The molecule has 1 heterocycles. The molecular weight excluding hydrogens is 350 g/mol. The highest BCUT2D eigenvalue weighted by Crippen LogP contribution is 2.21. The SMILES string of the molecule is CCCC(=O)c1ccc2c(c1)sc(=O)n2CCCCCBr. The van der Waals surface area contributed by atoms with Crippen LogP contribution in [0.3, 0.4) is 0 Å². The zero-order valence-electron chi connectivity index (χ0n) is 12.2. The molecule has 0 aliphatic carbocycles. The first-order valence-corrected chi connectivity index (χ1v) is 9.33. The lowest BCUT2D eigenvalue weighted by atomic mass is 10.1. The van der Waals surface area contributed by atoms with E-state index in [9.17, 15) is 9.59 Å². The fourth-order valence-electron chi connectivity index (χ4n) is 2.36. The quantitative estimate of drug-likeness (QED) is 0.387. The summed E-state index contributed by atoms with van der Waals surface area (Å²) in [5.41, 5.74) is 1.67. The van der Waals surface area contributed by atoms with Crippen LogP contribution in [0.5, 0.6) is 0 Å². The van der Waals surface area contributed by atoms with Gasteiger partial charge in [-0.15, -0.1) is 0 Å². The van der Waals surface area contributed by atoms with Crippen molar-refractivity contribution < 1.29 is 4.79 Å². The number of unbranched alkanes of at least 4 members (excludes halogenated alkanes) is 2. The Morgan fingerprint density at radius 1 is 1.29 bits per heavy atom. The van der Waals surface area contributed by atoms with E-state index in [2.05, 4.69) is 15.9 Å². The van der Waals surface area contributed by atoms with Gasteiger partial charge in [-0.1, -0.05) is 40.6 Å². The summed E-state index contributed by atoms with van der Waals surface area (Å²) >= 11 is 4.66. The molecule has 0 atom stereocenters. The van der Waals surface area contributed by atoms with Gasteiger partial charge in [0.05, 0.1) is 10.2 Å². The minimum atomic E-state index is 0.0731. The number of nitrogens with zero attached hydrogens (tertiary/aromatic N) is 1. The first kappa shape index (κ1) is 16.4. The van der Waals surface area contributed by atoms with Gasteiger partial charge in [-0.25, -0.2) is 0 Å². The predicted molar refractivity (Wildman–Crippen MR) is 93.0 cm³/mol. The molecule has 114 valence electrons. The number of hydrogen-bond acceptors (Lipinski definition) is 3. The fraction of sp³-hybridized carbons (Fsp3) is 0.500. The Hall–Kier alpha value is -0.940. The molecule has 0 spiro atoms. The van der Waals surface area contributed by atoms with E-state index in [0.29, 0.717) is 6.42 Å². The van der Waals surface area contributed by atoms with E-state index in [1.54, 1.807) is 0 Å². The van der Waals surface area contributed by atoms with Gasteiger partial charge in [0.2, 0.25) is 0 Å². The van der Waals surface area contributed by atoms with Crippen LogP contribution in [-0.2, 0) is 6.54 Å². The van der Waals surface area contributed by atoms with Gasteiger partial charge in [0, 0.05) is 23.9 Å². The molecule has 3 nitrogen and oxygen atoms in total. The largest absolute Gasteiger partial charge is 0.308 e. The Morgan fingerprint density at radius 3 is 2.81 bits per heavy atom. The normalized spacial score (nSPS) is 11.1. The minimum Gasteiger partial charge on any atom is -0.299 e. The molecule has 2 rings (SSSR count). The van der Waals surface area contributed by atoms with Gasteiger partial charge in [-0.3, -0.25) is 14.2 Å². The molecule has 0 N–H and O–H groups in total. The minimum absolute atomic E-state index is 0.0731. The van der Waals surface area contributed by atoms with E-state index in [-0.39, 0.29) is 10.7 Å². The Kier molecular flexibility index (Phi) is 6.18. The molecule has 21 heavy (non-hydrogen) atoms. The van der Waals surface area contributed by atoms with Crippen molar-refractivity contribution in [3.63, 3.8) is 0 Å². The number of aryl methyl sites for hydroxylation is 1. The zero-order valence-corrected chi connectivity index (χ0v) is 14.6. The molecular formula is C16H20BrNO2S. The summed E-state index contributed by atoms with van der Waals surface area (Å²) in [6, 6.07) is 5.64. The van der Waals surface area contributed by atoms with Crippen LogP contribution < -0.4 is 4.87 Å². The number of halogens is 1. The van der Waals surface area contributed by atoms with E-state index >= 15 is 0 Å². The Labute approximate surface area is 137 Å². The maximum Gasteiger partial charge on any atom is 0.308 e. The van der Waals surface area contributed by atoms with E-state index in [0.717, 1.165) is 53.3 Å².